The Kier molecular flexibility index (Phi) is 5.25. The number of ether oxygens (including phenoxy) is 2. The van der Waals surface area contributed by atoms with Crippen molar-refractivity contribution in [3.63, 3.8) is 0 Å². The molecule has 6 nitrogen and oxygen atoms in total. The molecule has 1 atom stereocenters. The second-order valence-electron chi connectivity index (χ2n) is 6.75. The van der Waals surface area contributed by atoms with Crippen LogP contribution in [0.1, 0.15) is 30.3 Å². The quantitative estimate of drug-likeness (QED) is 0.635. The molecule has 1 aliphatic heterocycles. The Labute approximate surface area is 162 Å². The number of nitrogens with zero attached hydrogens (tertiary/aromatic N) is 3. The molecule has 0 aliphatic carbocycles. The second-order valence-corrected chi connectivity index (χ2v) is 6.75. The molecule has 146 valence electrons. The van der Waals surface area contributed by atoms with Crippen LogP contribution >= 0.6 is 0 Å². The minimum Gasteiger partial charge on any atom is -0.497 e. The van der Waals surface area contributed by atoms with Crippen LogP contribution in [0.2, 0.25) is 0 Å². The lowest BCUT2D eigenvalue weighted by Crippen LogP contribution is -2.23. The van der Waals surface area contributed by atoms with Gasteiger partial charge in [-0.2, -0.15) is 4.98 Å². The summed E-state index contributed by atoms with van der Waals surface area (Å²) in [6.45, 7) is 1.49. The fourth-order valence-corrected chi connectivity index (χ4v) is 3.67. The predicted molar refractivity (Wildman–Crippen MR) is 102 cm³/mol. The summed E-state index contributed by atoms with van der Waals surface area (Å²) in [5.74, 6) is 2.30. The molecule has 0 spiro atoms. The third-order valence-corrected chi connectivity index (χ3v) is 5.07. The highest BCUT2D eigenvalue weighted by Crippen LogP contribution is 2.39. The van der Waals surface area contributed by atoms with E-state index >= 15 is 0 Å². The van der Waals surface area contributed by atoms with E-state index in [-0.39, 0.29) is 11.9 Å². The normalized spacial score (nSPS) is 17.0. The van der Waals surface area contributed by atoms with Crippen LogP contribution in [-0.2, 0) is 6.54 Å². The highest BCUT2D eigenvalue weighted by Gasteiger charge is 2.30. The third kappa shape index (κ3) is 3.71. The third-order valence-electron chi connectivity index (χ3n) is 5.07. The average Bonchev–Trinajstić information content (AvgIpc) is 3.38. The first-order chi connectivity index (χ1) is 13.7. The summed E-state index contributed by atoms with van der Waals surface area (Å²) in [7, 11) is 3.31. The molecule has 2 heterocycles. The zero-order valence-corrected chi connectivity index (χ0v) is 15.9. The molecule has 1 saturated heterocycles. The summed E-state index contributed by atoms with van der Waals surface area (Å²) in [6.07, 6.45) is 2.11. The number of hydrogen-bond acceptors (Lipinski definition) is 6. The average molecular weight is 383 g/mol. The molecular weight excluding hydrogens is 361 g/mol. The van der Waals surface area contributed by atoms with Gasteiger partial charge in [-0.1, -0.05) is 11.2 Å². The molecule has 0 saturated carbocycles. The summed E-state index contributed by atoms with van der Waals surface area (Å²) in [4.78, 5) is 6.79. The van der Waals surface area contributed by atoms with Gasteiger partial charge in [0.2, 0.25) is 11.7 Å². The molecule has 28 heavy (non-hydrogen) atoms. The first-order valence-electron chi connectivity index (χ1n) is 9.22. The molecule has 0 unspecified atom stereocenters. The van der Waals surface area contributed by atoms with E-state index in [4.69, 9.17) is 14.0 Å². The number of benzene rings is 2. The summed E-state index contributed by atoms with van der Waals surface area (Å²) in [5.41, 5.74) is 1.85. The minimum absolute atomic E-state index is 0.210. The van der Waals surface area contributed by atoms with Crippen molar-refractivity contribution in [3.8, 4) is 22.9 Å². The lowest BCUT2D eigenvalue weighted by Gasteiger charge is -2.25. The Balaban J connectivity index is 1.53. The number of rotatable bonds is 6. The molecular formula is C21H22FN3O3. The van der Waals surface area contributed by atoms with Crippen LogP contribution < -0.4 is 9.47 Å². The summed E-state index contributed by atoms with van der Waals surface area (Å²) >= 11 is 0. The fraction of sp³-hybridized carbons (Fsp3) is 0.333. The molecule has 0 amide bonds. The Morgan fingerprint density at radius 2 is 1.96 bits per heavy atom. The van der Waals surface area contributed by atoms with Gasteiger partial charge in [0, 0.05) is 23.2 Å². The van der Waals surface area contributed by atoms with Gasteiger partial charge in [-0.05, 0) is 49.7 Å². The molecule has 1 aromatic heterocycles. The second kappa shape index (κ2) is 7.98. The van der Waals surface area contributed by atoms with Gasteiger partial charge in [-0.3, -0.25) is 4.90 Å². The summed E-state index contributed by atoms with van der Waals surface area (Å²) < 4.78 is 29.4. The van der Waals surface area contributed by atoms with Crippen LogP contribution in [0.3, 0.4) is 0 Å². The maximum atomic E-state index is 13.1. The van der Waals surface area contributed by atoms with Gasteiger partial charge in [0.05, 0.1) is 20.8 Å². The number of likely N-dealkylation sites (tertiary alicyclic amines) is 1. The first kappa shape index (κ1) is 18.4. The molecule has 4 rings (SSSR count). The van der Waals surface area contributed by atoms with Crippen LogP contribution in [0.4, 0.5) is 4.39 Å². The zero-order valence-electron chi connectivity index (χ0n) is 15.9. The van der Waals surface area contributed by atoms with E-state index in [9.17, 15) is 4.39 Å². The minimum atomic E-state index is -0.291. The van der Waals surface area contributed by atoms with E-state index in [1.807, 2.05) is 12.1 Å². The van der Waals surface area contributed by atoms with Gasteiger partial charge in [-0.25, -0.2) is 4.39 Å². The van der Waals surface area contributed by atoms with E-state index in [0.717, 1.165) is 42.0 Å². The predicted octanol–water partition coefficient (Wildman–Crippen LogP) is 4.23. The summed E-state index contributed by atoms with van der Waals surface area (Å²) in [5, 5.41) is 4.04. The lowest BCUT2D eigenvalue weighted by atomic mass is 10.0. The van der Waals surface area contributed by atoms with Gasteiger partial charge in [0.25, 0.3) is 0 Å². The van der Waals surface area contributed by atoms with Gasteiger partial charge >= 0.3 is 0 Å². The van der Waals surface area contributed by atoms with Gasteiger partial charge in [0.1, 0.15) is 17.3 Å². The molecule has 1 aliphatic rings. The van der Waals surface area contributed by atoms with Gasteiger partial charge < -0.3 is 14.0 Å². The number of halogens is 1. The van der Waals surface area contributed by atoms with Crippen molar-refractivity contribution >= 4 is 0 Å². The monoisotopic (exact) mass is 383 g/mol. The van der Waals surface area contributed by atoms with Crippen molar-refractivity contribution in [1.82, 2.24) is 15.0 Å². The van der Waals surface area contributed by atoms with E-state index in [1.54, 1.807) is 26.4 Å². The molecule has 0 N–H and O–H groups in total. The number of methoxy groups -OCH3 is 2. The number of hydrogen-bond donors (Lipinski definition) is 0. The standard InChI is InChI=1S/C21H22FN3O3/c1-26-16-9-10-17(19(12-16)27-2)18-4-3-11-25(18)13-20-23-21(24-28-20)14-5-7-15(22)8-6-14/h5-10,12,18H,3-4,11,13H2,1-2H3/t18-/m1/s1. The van der Waals surface area contributed by atoms with Crippen LogP contribution in [0.5, 0.6) is 11.5 Å². The van der Waals surface area contributed by atoms with Crippen LogP contribution in [0.15, 0.2) is 47.0 Å². The van der Waals surface area contributed by atoms with Gasteiger partial charge in [-0.15, -0.1) is 0 Å². The topological polar surface area (TPSA) is 60.6 Å². The smallest absolute Gasteiger partial charge is 0.241 e. The van der Waals surface area contributed by atoms with Gasteiger partial charge in [0.15, 0.2) is 0 Å². The summed E-state index contributed by atoms with van der Waals surface area (Å²) in [6, 6.07) is 12.2. The van der Waals surface area contributed by atoms with E-state index in [2.05, 4.69) is 21.1 Å². The van der Waals surface area contributed by atoms with Crippen LogP contribution in [-0.4, -0.2) is 35.8 Å². The lowest BCUT2D eigenvalue weighted by molar-refractivity contribution is 0.209. The highest BCUT2D eigenvalue weighted by molar-refractivity contribution is 5.53. The highest BCUT2D eigenvalue weighted by atomic mass is 19.1. The van der Waals surface area contributed by atoms with Crippen molar-refractivity contribution in [2.45, 2.75) is 25.4 Å². The Bertz CT molecular complexity index is 942. The Morgan fingerprint density at radius 3 is 2.71 bits per heavy atom. The van der Waals surface area contributed by atoms with Crippen molar-refractivity contribution < 1.29 is 18.4 Å². The van der Waals surface area contributed by atoms with Crippen molar-refractivity contribution in [3.05, 3.63) is 59.7 Å². The van der Waals surface area contributed by atoms with Crippen molar-refractivity contribution in [1.29, 1.82) is 0 Å². The fourth-order valence-electron chi connectivity index (χ4n) is 3.67. The molecule has 1 fully saturated rings. The maximum absolute atomic E-state index is 13.1. The molecule has 7 heteroatoms. The van der Waals surface area contributed by atoms with E-state index < -0.39 is 0 Å². The largest absolute Gasteiger partial charge is 0.497 e. The van der Waals surface area contributed by atoms with E-state index in [1.165, 1.54) is 12.1 Å². The van der Waals surface area contributed by atoms with Crippen molar-refractivity contribution in [2.24, 2.45) is 0 Å². The van der Waals surface area contributed by atoms with Crippen LogP contribution in [0, 0.1) is 5.82 Å². The van der Waals surface area contributed by atoms with Crippen LogP contribution in [0.25, 0.3) is 11.4 Å². The first-order valence-corrected chi connectivity index (χ1v) is 9.22. The van der Waals surface area contributed by atoms with E-state index in [0.29, 0.717) is 18.3 Å². The van der Waals surface area contributed by atoms with Crippen molar-refractivity contribution in [2.75, 3.05) is 20.8 Å². The molecule has 3 aromatic rings. The molecule has 2 aromatic carbocycles. The Hall–Kier alpha value is -2.93. The maximum Gasteiger partial charge on any atom is 0.241 e. The molecule has 0 radical (unpaired) electrons. The SMILES string of the molecule is COc1ccc([C@H]2CCCN2Cc2nc(-c3ccc(F)cc3)no2)c(OC)c1. The Morgan fingerprint density at radius 1 is 1.14 bits per heavy atom. The molecule has 0 bridgehead atoms. The zero-order chi connectivity index (χ0) is 19.5. The number of aromatic nitrogens is 2.